The molecule has 0 aliphatic carbocycles. The molecule has 1 amide bonds. The van der Waals surface area contributed by atoms with Gasteiger partial charge in [0.1, 0.15) is 5.75 Å². The van der Waals surface area contributed by atoms with E-state index in [0.29, 0.717) is 29.2 Å². The number of hydrogen-bond donors (Lipinski definition) is 1. The van der Waals surface area contributed by atoms with Crippen molar-refractivity contribution in [3.8, 4) is 17.2 Å². The van der Waals surface area contributed by atoms with Crippen molar-refractivity contribution in [3.63, 3.8) is 0 Å². The van der Waals surface area contributed by atoms with Gasteiger partial charge in [0.2, 0.25) is 6.79 Å². The molecule has 0 atom stereocenters. The molecule has 0 radical (unpaired) electrons. The predicted molar refractivity (Wildman–Crippen MR) is 96.6 cm³/mol. The molecule has 0 bridgehead atoms. The first-order valence-corrected chi connectivity index (χ1v) is 7.89. The molecule has 2 aromatic rings. The maximum atomic E-state index is 12.7. The van der Waals surface area contributed by atoms with Gasteiger partial charge in [0.25, 0.3) is 5.91 Å². The molecular weight excluding hydrogens is 382 g/mol. The van der Waals surface area contributed by atoms with Crippen LogP contribution in [-0.2, 0) is 13.1 Å². The lowest BCUT2D eigenvalue weighted by molar-refractivity contribution is -0.0507. The molecule has 9 heteroatoms. The molecule has 146 valence electrons. The summed E-state index contributed by atoms with van der Waals surface area (Å²) in [5, 5.41) is 0. The zero-order chi connectivity index (χ0) is 18.7. The third-order valence-electron chi connectivity index (χ3n) is 3.96. The summed E-state index contributed by atoms with van der Waals surface area (Å²) in [5.41, 5.74) is 7.32. The first-order chi connectivity index (χ1) is 12.5. The number of nitrogens with zero attached hydrogens (tertiary/aromatic N) is 1. The van der Waals surface area contributed by atoms with Gasteiger partial charge in [0, 0.05) is 37.3 Å². The van der Waals surface area contributed by atoms with E-state index in [1.807, 2.05) is 0 Å². The number of rotatable bonds is 6. The van der Waals surface area contributed by atoms with Gasteiger partial charge in [-0.2, -0.15) is 8.78 Å². The Balaban J connectivity index is 0.00000261. The third kappa shape index (κ3) is 4.78. The Hall–Kier alpha value is -2.58. The van der Waals surface area contributed by atoms with Gasteiger partial charge in [-0.15, -0.1) is 12.4 Å². The highest BCUT2D eigenvalue weighted by Crippen LogP contribution is 2.39. The fourth-order valence-corrected chi connectivity index (χ4v) is 2.63. The molecule has 0 saturated heterocycles. The average molecular weight is 401 g/mol. The van der Waals surface area contributed by atoms with Crippen molar-refractivity contribution in [2.75, 3.05) is 13.8 Å². The topological polar surface area (TPSA) is 74.0 Å². The number of carbonyl (C=O) groups is 1. The van der Waals surface area contributed by atoms with Gasteiger partial charge in [0.15, 0.2) is 11.5 Å². The summed E-state index contributed by atoms with van der Waals surface area (Å²) in [6, 6.07) is 9.79. The van der Waals surface area contributed by atoms with E-state index in [4.69, 9.17) is 15.2 Å². The lowest BCUT2D eigenvalue weighted by Gasteiger charge is -2.20. The molecule has 0 fully saturated rings. The van der Waals surface area contributed by atoms with Crippen molar-refractivity contribution in [2.24, 2.45) is 5.73 Å². The highest BCUT2D eigenvalue weighted by Gasteiger charge is 2.22. The number of fused-ring (bicyclic) bond motifs is 1. The van der Waals surface area contributed by atoms with Crippen LogP contribution < -0.4 is 19.9 Å². The Morgan fingerprint density at radius 3 is 2.44 bits per heavy atom. The van der Waals surface area contributed by atoms with Crippen LogP contribution in [0.5, 0.6) is 17.2 Å². The average Bonchev–Trinajstić information content (AvgIpc) is 3.08. The minimum absolute atomic E-state index is 0. The molecule has 2 N–H and O–H groups in total. The van der Waals surface area contributed by atoms with Crippen LogP contribution in [0.25, 0.3) is 0 Å². The zero-order valence-corrected chi connectivity index (χ0v) is 15.3. The number of nitrogens with two attached hydrogens (primary N) is 1. The predicted octanol–water partition coefficient (Wildman–Crippen LogP) is 3.17. The lowest BCUT2D eigenvalue weighted by Crippen LogP contribution is -2.26. The first kappa shape index (κ1) is 20.7. The van der Waals surface area contributed by atoms with Crippen molar-refractivity contribution in [1.29, 1.82) is 0 Å². The van der Waals surface area contributed by atoms with Gasteiger partial charge >= 0.3 is 6.61 Å². The molecule has 1 aliphatic heterocycles. The van der Waals surface area contributed by atoms with Crippen LogP contribution in [0.3, 0.4) is 0 Å². The van der Waals surface area contributed by atoms with Gasteiger partial charge in [-0.25, -0.2) is 0 Å². The van der Waals surface area contributed by atoms with Crippen LogP contribution in [0.1, 0.15) is 21.5 Å². The zero-order valence-electron chi connectivity index (χ0n) is 14.5. The maximum absolute atomic E-state index is 12.7. The van der Waals surface area contributed by atoms with Gasteiger partial charge in [-0.3, -0.25) is 4.79 Å². The van der Waals surface area contributed by atoms with E-state index in [2.05, 4.69) is 4.74 Å². The summed E-state index contributed by atoms with van der Waals surface area (Å²) >= 11 is 0. The SMILES string of the molecule is CN(Cc1cc2c(cc1OC(F)F)OCO2)C(=O)c1ccc(CN)cc1.Cl. The normalized spacial score (nSPS) is 11.9. The third-order valence-corrected chi connectivity index (χ3v) is 3.96. The number of alkyl halides is 2. The number of carbonyl (C=O) groups excluding carboxylic acids is 1. The number of halogens is 3. The fraction of sp³-hybridized carbons (Fsp3) is 0.278. The number of benzene rings is 2. The van der Waals surface area contributed by atoms with Crippen molar-refractivity contribution in [1.82, 2.24) is 4.90 Å². The molecule has 2 aromatic carbocycles. The van der Waals surface area contributed by atoms with Crippen molar-refractivity contribution in [2.45, 2.75) is 19.7 Å². The highest BCUT2D eigenvalue weighted by molar-refractivity contribution is 5.94. The fourth-order valence-electron chi connectivity index (χ4n) is 2.63. The molecule has 0 saturated carbocycles. The monoisotopic (exact) mass is 400 g/mol. The van der Waals surface area contributed by atoms with Gasteiger partial charge in [0.05, 0.1) is 0 Å². The van der Waals surface area contributed by atoms with E-state index in [1.165, 1.54) is 11.0 Å². The standard InChI is InChI=1S/C18H18F2N2O4.ClH/c1-22(17(23)12-4-2-11(8-21)3-5-12)9-13-6-15-16(25-10-24-15)7-14(13)26-18(19)20;/h2-7,18H,8-10,21H2,1H3;1H. The summed E-state index contributed by atoms with van der Waals surface area (Å²) in [6.07, 6.45) is 0. The quantitative estimate of drug-likeness (QED) is 0.806. The summed E-state index contributed by atoms with van der Waals surface area (Å²) in [5.74, 6) is 0.446. The summed E-state index contributed by atoms with van der Waals surface area (Å²) < 4.78 is 40.4. The number of hydrogen-bond acceptors (Lipinski definition) is 5. The maximum Gasteiger partial charge on any atom is 0.387 e. The largest absolute Gasteiger partial charge is 0.454 e. The highest BCUT2D eigenvalue weighted by atomic mass is 35.5. The summed E-state index contributed by atoms with van der Waals surface area (Å²) in [4.78, 5) is 14.0. The Morgan fingerprint density at radius 2 is 1.85 bits per heavy atom. The first-order valence-electron chi connectivity index (χ1n) is 7.89. The van der Waals surface area contributed by atoms with Gasteiger partial charge in [-0.1, -0.05) is 12.1 Å². The van der Waals surface area contributed by atoms with Crippen molar-refractivity contribution >= 4 is 18.3 Å². The molecule has 27 heavy (non-hydrogen) atoms. The van der Waals surface area contributed by atoms with Crippen LogP contribution in [0.4, 0.5) is 8.78 Å². The smallest absolute Gasteiger partial charge is 0.387 e. The van der Waals surface area contributed by atoms with Crippen LogP contribution in [0, 0.1) is 0 Å². The van der Waals surface area contributed by atoms with Gasteiger partial charge < -0.3 is 24.8 Å². The van der Waals surface area contributed by atoms with E-state index in [1.54, 1.807) is 37.4 Å². The molecule has 3 rings (SSSR count). The van der Waals surface area contributed by atoms with Gasteiger partial charge in [-0.05, 0) is 23.8 Å². The second-order valence-corrected chi connectivity index (χ2v) is 5.75. The Morgan fingerprint density at radius 1 is 1.22 bits per heavy atom. The molecule has 1 heterocycles. The van der Waals surface area contributed by atoms with E-state index < -0.39 is 6.61 Å². The van der Waals surface area contributed by atoms with E-state index in [9.17, 15) is 13.6 Å². The van der Waals surface area contributed by atoms with Crippen LogP contribution in [-0.4, -0.2) is 31.3 Å². The second-order valence-electron chi connectivity index (χ2n) is 5.75. The van der Waals surface area contributed by atoms with Crippen LogP contribution in [0.15, 0.2) is 36.4 Å². The Labute approximate surface area is 161 Å². The molecule has 0 unspecified atom stereocenters. The Kier molecular flexibility index (Phi) is 6.81. The summed E-state index contributed by atoms with van der Waals surface area (Å²) in [7, 11) is 1.58. The molecule has 6 nitrogen and oxygen atoms in total. The van der Waals surface area contributed by atoms with Crippen molar-refractivity contribution in [3.05, 3.63) is 53.1 Å². The van der Waals surface area contributed by atoms with Crippen LogP contribution in [0.2, 0.25) is 0 Å². The minimum atomic E-state index is -2.99. The van der Waals surface area contributed by atoms with E-state index >= 15 is 0 Å². The molecule has 1 aliphatic rings. The molecular formula is C18H19ClF2N2O4. The van der Waals surface area contributed by atoms with E-state index in [-0.39, 0.29) is 37.4 Å². The molecule has 0 spiro atoms. The lowest BCUT2D eigenvalue weighted by atomic mass is 10.1. The number of amides is 1. The van der Waals surface area contributed by atoms with Crippen LogP contribution >= 0.6 is 12.4 Å². The Bertz CT molecular complexity index is 803. The number of ether oxygens (including phenoxy) is 3. The minimum Gasteiger partial charge on any atom is -0.454 e. The second kappa shape index (κ2) is 8.88. The van der Waals surface area contributed by atoms with Crippen molar-refractivity contribution < 1.29 is 27.8 Å². The summed E-state index contributed by atoms with van der Waals surface area (Å²) in [6.45, 7) is -2.53. The van der Waals surface area contributed by atoms with E-state index in [0.717, 1.165) is 5.56 Å². The molecule has 0 aromatic heterocycles.